The van der Waals surface area contributed by atoms with Gasteiger partial charge in [-0.15, -0.1) is 0 Å². The summed E-state index contributed by atoms with van der Waals surface area (Å²) in [5.74, 6) is -1.59. The van der Waals surface area contributed by atoms with E-state index in [0.29, 0.717) is 12.8 Å². The second-order valence-electron chi connectivity index (χ2n) is 9.79. The second kappa shape index (κ2) is 5.84. The van der Waals surface area contributed by atoms with Crippen LogP contribution in [0.5, 0.6) is 0 Å². The molecule has 3 fully saturated rings. The van der Waals surface area contributed by atoms with Crippen LogP contribution >= 0.6 is 0 Å². The second-order valence-corrected chi connectivity index (χ2v) is 9.79. The molecule has 29 heavy (non-hydrogen) atoms. The first-order valence-electron chi connectivity index (χ1n) is 10.1. The molecule has 8 heteroatoms. The standard InChI is InChI=1S/C21H30N2O6/c1-17-6-5-12(25)7-11(17)3-4-13-19(22)9-15(27)21(29,16(28)10-24)18(19,2)8-14(26)20(13,17)23/h5-7,13-15,24,26-27,29H,3-4,8-10,22-23H2,1-2H3/t13-,14-,15+,17-,18-,19+,20-,21-/m0/s1. The number of rotatable bonds is 2. The molecule has 0 saturated heterocycles. The van der Waals surface area contributed by atoms with Crippen molar-refractivity contribution in [3.8, 4) is 0 Å². The summed E-state index contributed by atoms with van der Waals surface area (Å²) in [6.07, 6.45) is 2.84. The lowest BCUT2D eigenvalue weighted by Crippen LogP contribution is -2.82. The van der Waals surface area contributed by atoms with Crippen LogP contribution in [-0.2, 0) is 9.59 Å². The SMILES string of the molecule is C[C@]12C[C@H](O)[C@@]3(N)[C@@H](CCC4=CC(=O)C=C[C@@]43C)[C@]1(N)C[C@@H](O)[C@]2(O)C(=O)CO. The van der Waals surface area contributed by atoms with E-state index in [2.05, 4.69) is 0 Å². The summed E-state index contributed by atoms with van der Waals surface area (Å²) in [5, 5.41) is 42.8. The largest absolute Gasteiger partial charge is 0.391 e. The van der Waals surface area contributed by atoms with Gasteiger partial charge in [0.2, 0.25) is 0 Å². The Morgan fingerprint density at radius 2 is 1.86 bits per heavy atom. The average Bonchev–Trinajstić information content (AvgIpc) is 2.81. The number of carbonyl (C=O) groups excluding carboxylic acids is 2. The van der Waals surface area contributed by atoms with Gasteiger partial charge in [-0.1, -0.05) is 25.5 Å². The van der Waals surface area contributed by atoms with Crippen molar-refractivity contribution in [2.75, 3.05) is 6.61 Å². The first-order valence-corrected chi connectivity index (χ1v) is 10.1. The Labute approximate surface area is 169 Å². The van der Waals surface area contributed by atoms with Crippen molar-refractivity contribution in [3.63, 3.8) is 0 Å². The van der Waals surface area contributed by atoms with Crippen molar-refractivity contribution in [2.24, 2.45) is 28.2 Å². The first-order chi connectivity index (χ1) is 13.3. The highest BCUT2D eigenvalue weighted by atomic mass is 16.4. The van der Waals surface area contributed by atoms with E-state index in [1.54, 1.807) is 19.1 Å². The highest BCUT2D eigenvalue weighted by Gasteiger charge is 2.79. The molecule has 160 valence electrons. The van der Waals surface area contributed by atoms with Crippen molar-refractivity contribution in [3.05, 3.63) is 23.8 Å². The van der Waals surface area contributed by atoms with Gasteiger partial charge in [0.25, 0.3) is 0 Å². The van der Waals surface area contributed by atoms with E-state index in [1.165, 1.54) is 6.08 Å². The molecule has 4 aliphatic rings. The van der Waals surface area contributed by atoms with Crippen molar-refractivity contribution in [1.29, 1.82) is 0 Å². The first kappa shape index (κ1) is 20.8. The number of nitrogens with two attached hydrogens (primary N) is 2. The zero-order valence-electron chi connectivity index (χ0n) is 16.8. The van der Waals surface area contributed by atoms with E-state index >= 15 is 0 Å². The van der Waals surface area contributed by atoms with Crippen LogP contribution in [0, 0.1) is 16.7 Å². The summed E-state index contributed by atoms with van der Waals surface area (Å²) in [7, 11) is 0. The molecule has 8 nitrogen and oxygen atoms in total. The molecule has 3 saturated carbocycles. The van der Waals surface area contributed by atoms with Gasteiger partial charge in [0.1, 0.15) is 6.61 Å². The Morgan fingerprint density at radius 3 is 2.48 bits per heavy atom. The number of hydrogen-bond donors (Lipinski definition) is 6. The van der Waals surface area contributed by atoms with Gasteiger partial charge in [0, 0.05) is 16.4 Å². The fourth-order valence-electron chi connectivity index (χ4n) is 7.10. The van der Waals surface area contributed by atoms with Crippen LogP contribution in [0.1, 0.15) is 39.5 Å². The molecule has 0 spiro atoms. The average molecular weight is 406 g/mol. The Balaban J connectivity index is 1.90. The van der Waals surface area contributed by atoms with Crippen molar-refractivity contribution >= 4 is 11.6 Å². The molecular weight excluding hydrogens is 376 g/mol. The topological polar surface area (TPSA) is 167 Å². The van der Waals surface area contributed by atoms with Crippen LogP contribution in [-0.4, -0.2) is 67.5 Å². The van der Waals surface area contributed by atoms with E-state index in [-0.39, 0.29) is 18.6 Å². The van der Waals surface area contributed by atoms with Crippen LogP contribution in [0.15, 0.2) is 23.8 Å². The number of hydrogen-bond acceptors (Lipinski definition) is 8. The maximum atomic E-state index is 12.5. The molecule has 0 aromatic heterocycles. The normalized spacial score (nSPS) is 53.7. The minimum absolute atomic E-state index is 0.0835. The Morgan fingerprint density at radius 1 is 1.21 bits per heavy atom. The minimum Gasteiger partial charge on any atom is -0.391 e. The molecule has 0 unspecified atom stereocenters. The van der Waals surface area contributed by atoms with Crippen LogP contribution in [0.2, 0.25) is 0 Å². The number of allylic oxidation sites excluding steroid dienone is 2. The summed E-state index contributed by atoms with van der Waals surface area (Å²) in [6, 6.07) is 0. The van der Waals surface area contributed by atoms with E-state index in [1.807, 2.05) is 6.92 Å². The number of ketones is 2. The zero-order chi connectivity index (χ0) is 21.6. The van der Waals surface area contributed by atoms with E-state index in [0.717, 1.165) is 5.57 Å². The monoisotopic (exact) mass is 406 g/mol. The highest BCUT2D eigenvalue weighted by molar-refractivity contribution is 6.01. The molecule has 8 N–H and O–H groups in total. The third kappa shape index (κ3) is 2.05. The summed E-state index contributed by atoms with van der Waals surface area (Å²) in [6.45, 7) is 2.52. The lowest BCUT2D eigenvalue weighted by atomic mass is 9.40. The lowest BCUT2D eigenvalue weighted by molar-refractivity contribution is -0.199. The van der Waals surface area contributed by atoms with Gasteiger partial charge < -0.3 is 31.9 Å². The molecule has 0 heterocycles. The quantitative estimate of drug-likeness (QED) is 0.329. The van der Waals surface area contributed by atoms with Gasteiger partial charge in [0.15, 0.2) is 17.2 Å². The van der Waals surface area contributed by atoms with Gasteiger partial charge in [-0.3, -0.25) is 9.59 Å². The highest BCUT2D eigenvalue weighted by Crippen LogP contribution is 2.68. The molecule has 8 atom stereocenters. The van der Waals surface area contributed by atoms with E-state index in [9.17, 15) is 30.0 Å². The van der Waals surface area contributed by atoms with Crippen molar-refractivity contribution < 1.29 is 30.0 Å². The molecule has 0 aromatic carbocycles. The third-order valence-corrected chi connectivity index (χ3v) is 8.97. The number of fused-ring (bicyclic) bond motifs is 5. The minimum atomic E-state index is -2.28. The number of aliphatic hydroxyl groups is 4. The number of Topliss-reactive ketones (excluding diaryl/α,β-unsaturated/α-hetero) is 1. The molecule has 4 rings (SSSR count). The predicted octanol–water partition coefficient (Wildman–Crippen LogP) is -1.31. The fraction of sp³-hybridized carbons (Fsp3) is 0.714. The van der Waals surface area contributed by atoms with Crippen LogP contribution < -0.4 is 11.5 Å². The summed E-state index contributed by atoms with van der Waals surface area (Å²) in [5.41, 5.74) is 7.68. The predicted molar refractivity (Wildman–Crippen MR) is 103 cm³/mol. The Kier molecular flexibility index (Phi) is 4.19. The third-order valence-electron chi connectivity index (χ3n) is 8.97. The van der Waals surface area contributed by atoms with Gasteiger partial charge in [-0.2, -0.15) is 0 Å². The lowest BCUT2D eigenvalue weighted by Gasteiger charge is -2.68. The summed E-state index contributed by atoms with van der Waals surface area (Å²) in [4.78, 5) is 24.5. The molecule has 0 bridgehead atoms. The maximum absolute atomic E-state index is 12.5. The molecule has 0 aromatic rings. The van der Waals surface area contributed by atoms with Crippen molar-refractivity contribution in [1.82, 2.24) is 0 Å². The molecular formula is C21H30N2O6. The number of carbonyl (C=O) groups is 2. The Bertz CT molecular complexity index is 856. The van der Waals surface area contributed by atoms with Gasteiger partial charge in [-0.25, -0.2) is 0 Å². The molecule has 0 amide bonds. The van der Waals surface area contributed by atoms with Gasteiger partial charge >= 0.3 is 0 Å². The van der Waals surface area contributed by atoms with Gasteiger partial charge in [-0.05, 0) is 43.8 Å². The summed E-state index contributed by atoms with van der Waals surface area (Å²) >= 11 is 0. The molecule has 0 radical (unpaired) electrons. The van der Waals surface area contributed by atoms with Crippen molar-refractivity contribution in [2.45, 2.75) is 68.4 Å². The van der Waals surface area contributed by atoms with E-state index < -0.39 is 58.0 Å². The summed E-state index contributed by atoms with van der Waals surface area (Å²) < 4.78 is 0. The van der Waals surface area contributed by atoms with Crippen LogP contribution in [0.3, 0.4) is 0 Å². The zero-order valence-corrected chi connectivity index (χ0v) is 16.8. The van der Waals surface area contributed by atoms with E-state index in [4.69, 9.17) is 11.5 Å². The fourth-order valence-corrected chi connectivity index (χ4v) is 7.10. The Hall–Kier alpha value is -1.42. The van der Waals surface area contributed by atoms with Crippen LogP contribution in [0.25, 0.3) is 0 Å². The molecule has 4 aliphatic carbocycles. The van der Waals surface area contributed by atoms with Crippen LogP contribution in [0.4, 0.5) is 0 Å². The number of aliphatic hydroxyl groups excluding tert-OH is 3. The smallest absolute Gasteiger partial charge is 0.192 e. The van der Waals surface area contributed by atoms with Gasteiger partial charge in [0.05, 0.1) is 17.7 Å². The maximum Gasteiger partial charge on any atom is 0.192 e. The molecule has 0 aliphatic heterocycles.